The van der Waals surface area contributed by atoms with Gasteiger partial charge in [-0.15, -0.1) is 12.4 Å². The molecule has 2 fully saturated rings. The number of hydrogen-bond acceptors (Lipinski definition) is 14. The lowest BCUT2D eigenvalue weighted by Gasteiger charge is -2.44. The molecule has 2 aromatic rings. The molecule has 47 heavy (non-hydrogen) atoms. The molecule has 2 heterocycles. The van der Waals surface area contributed by atoms with E-state index in [1.54, 1.807) is 26.0 Å². The van der Waals surface area contributed by atoms with Gasteiger partial charge in [0.15, 0.2) is 29.9 Å². The monoisotopic (exact) mass is 679 g/mol. The third kappa shape index (κ3) is 5.97. The van der Waals surface area contributed by atoms with Crippen LogP contribution in [0.3, 0.4) is 0 Å². The number of phenolic OH excluding ortho intramolecular Hbond substituents is 2. The highest BCUT2D eigenvalue weighted by atomic mass is 35.5. The van der Waals surface area contributed by atoms with Crippen LogP contribution in [0.2, 0.25) is 0 Å². The van der Waals surface area contributed by atoms with E-state index in [9.17, 15) is 45.0 Å². The van der Waals surface area contributed by atoms with E-state index < -0.39 is 120 Å². The number of Topliss-reactive ketones (excluding diaryl/α,β-unsaturated/α-hetero) is 1. The highest BCUT2D eigenvalue weighted by molar-refractivity contribution is 6.30. The zero-order valence-corrected chi connectivity index (χ0v) is 26.4. The maximum Gasteiger partial charge on any atom is 0.198 e. The number of aromatic hydroxyl groups is 2. The Balaban J connectivity index is 0.00000433. The zero-order chi connectivity index (χ0) is 33.2. The van der Waals surface area contributed by atoms with Crippen LogP contribution in [0.5, 0.6) is 11.5 Å². The smallest absolute Gasteiger partial charge is 0.198 e. The number of phenols is 2. The number of ketones is 3. The van der Waals surface area contributed by atoms with Crippen LogP contribution in [-0.4, -0.2) is 109 Å². The standard InChI is InChI=1S/C32H37NO13.ClH/c1-12-26(37)17(33)7-21(43-12)46-31-13(2)44-22(8-18(31)35)45-19-10-32(42,20(36)11-34)9-16-23(19)30(41)25-24(29(16)40)27(38)14-5-3-4-6-15(14)28(25)39;/h3-6,12-13,17-19,21-22,26,31,34-35,37,40-42H,7-11,33H2,1-2H3;1H/t12-,13-,17-,18-,19-,21?,22?,26+,31-,32-;/m0./s1. The predicted octanol–water partition coefficient (Wildman–Crippen LogP) is 0.296. The second kappa shape index (κ2) is 13.1. The van der Waals surface area contributed by atoms with Crippen molar-refractivity contribution in [3.63, 3.8) is 0 Å². The Morgan fingerprint density at radius 2 is 1.53 bits per heavy atom. The van der Waals surface area contributed by atoms with Gasteiger partial charge in [-0.3, -0.25) is 14.4 Å². The van der Waals surface area contributed by atoms with Crippen LogP contribution in [0.15, 0.2) is 24.3 Å². The molecule has 2 saturated heterocycles. The van der Waals surface area contributed by atoms with Gasteiger partial charge in [-0.25, -0.2) is 0 Å². The first-order chi connectivity index (χ1) is 21.7. The Morgan fingerprint density at radius 1 is 0.957 bits per heavy atom. The van der Waals surface area contributed by atoms with Crippen LogP contribution in [0.1, 0.15) is 82.2 Å². The molecule has 0 radical (unpaired) electrons. The molecule has 4 aliphatic rings. The molecule has 2 aromatic carbocycles. The molecule has 2 aliphatic carbocycles. The number of carbonyl (C=O) groups is 3. The molecule has 6 rings (SSSR count). The number of fused-ring (bicyclic) bond motifs is 3. The van der Waals surface area contributed by atoms with E-state index in [1.165, 1.54) is 12.1 Å². The number of aliphatic hydroxyl groups excluding tert-OH is 3. The van der Waals surface area contributed by atoms with Crippen molar-refractivity contribution < 1.29 is 64.0 Å². The van der Waals surface area contributed by atoms with Crippen LogP contribution in [0, 0.1) is 0 Å². The van der Waals surface area contributed by atoms with E-state index in [2.05, 4.69) is 0 Å². The van der Waals surface area contributed by atoms with E-state index in [4.69, 9.17) is 24.7 Å². The average molecular weight is 680 g/mol. The summed E-state index contributed by atoms with van der Waals surface area (Å²) in [5.41, 5.74) is 2.51. The summed E-state index contributed by atoms with van der Waals surface area (Å²) in [5.74, 6) is -3.80. The third-order valence-electron chi connectivity index (χ3n) is 9.45. The molecule has 14 nitrogen and oxygen atoms in total. The molecule has 256 valence electrons. The molecule has 10 atom stereocenters. The van der Waals surface area contributed by atoms with Gasteiger partial charge < -0.3 is 55.3 Å². The molecule has 0 spiro atoms. The summed E-state index contributed by atoms with van der Waals surface area (Å²) >= 11 is 0. The van der Waals surface area contributed by atoms with Gasteiger partial charge in [-0.05, 0) is 13.8 Å². The van der Waals surface area contributed by atoms with Gasteiger partial charge in [-0.2, -0.15) is 0 Å². The van der Waals surface area contributed by atoms with Gasteiger partial charge in [0.05, 0.1) is 41.6 Å². The molecule has 8 N–H and O–H groups in total. The summed E-state index contributed by atoms with van der Waals surface area (Å²) in [6.07, 6.45) is -8.83. The number of aliphatic hydroxyl groups is 4. The molecule has 2 aliphatic heterocycles. The van der Waals surface area contributed by atoms with Crippen LogP contribution in [0.4, 0.5) is 0 Å². The van der Waals surface area contributed by atoms with E-state index in [1.807, 2.05) is 0 Å². The number of carbonyl (C=O) groups excluding carboxylic acids is 3. The topological polar surface area (TPSA) is 236 Å². The first-order valence-electron chi connectivity index (χ1n) is 15.1. The molecule has 2 unspecified atom stereocenters. The number of nitrogens with two attached hydrogens (primary N) is 1. The van der Waals surface area contributed by atoms with Crippen LogP contribution in [0.25, 0.3) is 0 Å². The van der Waals surface area contributed by atoms with Crippen molar-refractivity contribution in [1.29, 1.82) is 0 Å². The summed E-state index contributed by atoms with van der Waals surface area (Å²) in [7, 11) is 0. The lowest BCUT2D eigenvalue weighted by Crippen LogP contribution is -2.56. The van der Waals surface area contributed by atoms with E-state index in [0.717, 1.165) is 0 Å². The SMILES string of the molecule is C[C@@H]1OC(O[C@H]2[C@H](C)OC(O[C@H]3C[C@](O)(C(=O)CO)Cc4c(O)c5c(c(O)c43)C(=O)c3ccccc3C5=O)C[C@@H]2O)C[C@H](N)[C@@H]1O.Cl. The predicted molar refractivity (Wildman–Crippen MR) is 162 cm³/mol. The Hall–Kier alpha value is -3.02. The van der Waals surface area contributed by atoms with Crippen molar-refractivity contribution in [1.82, 2.24) is 0 Å². The number of benzene rings is 2. The number of hydrogen-bond donors (Lipinski definition) is 7. The first-order valence-corrected chi connectivity index (χ1v) is 15.1. The Morgan fingerprint density at radius 3 is 2.11 bits per heavy atom. The summed E-state index contributed by atoms with van der Waals surface area (Å²) in [5, 5.41) is 65.1. The fourth-order valence-corrected chi connectivity index (χ4v) is 7.00. The molecule has 0 amide bonds. The van der Waals surface area contributed by atoms with Gasteiger partial charge in [0, 0.05) is 54.0 Å². The minimum Gasteiger partial charge on any atom is -0.507 e. The van der Waals surface area contributed by atoms with Crippen molar-refractivity contribution in [2.45, 2.75) is 100 Å². The van der Waals surface area contributed by atoms with Gasteiger partial charge in [-0.1, -0.05) is 24.3 Å². The maximum absolute atomic E-state index is 13.5. The van der Waals surface area contributed by atoms with Crippen molar-refractivity contribution in [2.24, 2.45) is 5.73 Å². The molecule has 0 aromatic heterocycles. The Labute approximate surface area is 275 Å². The summed E-state index contributed by atoms with van der Waals surface area (Å²) in [4.78, 5) is 39.7. The molecule has 15 heteroatoms. The first kappa shape index (κ1) is 35.3. The van der Waals surface area contributed by atoms with Crippen molar-refractivity contribution in [3.8, 4) is 11.5 Å². The highest BCUT2D eigenvalue weighted by Crippen LogP contribution is 2.52. The van der Waals surface area contributed by atoms with Crippen LogP contribution in [-0.2, 0) is 30.2 Å². The molecular weight excluding hydrogens is 642 g/mol. The lowest BCUT2D eigenvalue weighted by atomic mass is 9.72. The van der Waals surface area contributed by atoms with E-state index >= 15 is 0 Å². The van der Waals surface area contributed by atoms with Crippen molar-refractivity contribution >= 4 is 29.8 Å². The number of rotatable bonds is 6. The van der Waals surface area contributed by atoms with Gasteiger partial charge in [0.2, 0.25) is 0 Å². The summed E-state index contributed by atoms with van der Waals surface area (Å²) in [6, 6.07) is 5.34. The summed E-state index contributed by atoms with van der Waals surface area (Å²) < 4.78 is 23.8. The second-order valence-electron chi connectivity index (χ2n) is 12.5. The normalized spacial score (nSPS) is 34.9. The maximum atomic E-state index is 13.5. The van der Waals surface area contributed by atoms with Gasteiger partial charge >= 0.3 is 0 Å². The van der Waals surface area contributed by atoms with Crippen molar-refractivity contribution in [2.75, 3.05) is 6.61 Å². The zero-order valence-electron chi connectivity index (χ0n) is 25.6. The van der Waals surface area contributed by atoms with Gasteiger partial charge in [0.25, 0.3) is 0 Å². The fourth-order valence-electron chi connectivity index (χ4n) is 7.00. The van der Waals surface area contributed by atoms with Gasteiger partial charge in [0.1, 0.15) is 29.8 Å². The summed E-state index contributed by atoms with van der Waals surface area (Å²) in [6.45, 7) is 2.23. The average Bonchev–Trinajstić information content (AvgIpc) is 3.01. The second-order valence-corrected chi connectivity index (χ2v) is 12.5. The largest absolute Gasteiger partial charge is 0.507 e. The number of ether oxygens (including phenoxy) is 4. The van der Waals surface area contributed by atoms with Crippen LogP contribution >= 0.6 is 12.4 Å². The third-order valence-corrected chi connectivity index (χ3v) is 9.45. The molecular formula is C32H38ClNO13. The quantitative estimate of drug-likeness (QED) is 0.174. The fraction of sp³-hybridized carbons (Fsp3) is 0.531. The van der Waals surface area contributed by atoms with E-state index in [-0.39, 0.29) is 47.5 Å². The number of halogens is 1. The highest BCUT2D eigenvalue weighted by Gasteiger charge is 2.50. The molecule has 0 saturated carbocycles. The van der Waals surface area contributed by atoms with Crippen molar-refractivity contribution in [3.05, 3.63) is 57.6 Å². The lowest BCUT2D eigenvalue weighted by molar-refractivity contribution is -0.311. The molecule has 0 bridgehead atoms. The minimum atomic E-state index is -2.28. The van der Waals surface area contributed by atoms with Crippen LogP contribution < -0.4 is 5.73 Å². The van der Waals surface area contributed by atoms with E-state index in [0.29, 0.717) is 0 Å². The Bertz CT molecular complexity index is 1560. The Kier molecular flexibility index (Phi) is 9.85. The minimum absolute atomic E-state index is 0.